The van der Waals surface area contributed by atoms with E-state index < -0.39 is 0 Å². The molecule has 66 valence electrons. The third-order valence-corrected chi connectivity index (χ3v) is 1.67. The van der Waals surface area contributed by atoms with E-state index in [9.17, 15) is 0 Å². The second-order valence-electron chi connectivity index (χ2n) is 2.57. The van der Waals surface area contributed by atoms with Crippen LogP contribution in [0.2, 0.25) is 0 Å². The van der Waals surface area contributed by atoms with Crippen molar-refractivity contribution in [2.75, 3.05) is 0 Å². The number of aromatic amines is 1. The Hall–Kier alpha value is -0.920. The number of rotatable bonds is 3. The van der Waals surface area contributed by atoms with E-state index in [0.717, 1.165) is 6.54 Å². The van der Waals surface area contributed by atoms with Gasteiger partial charge in [-0.25, -0.2) is 10.9 Å². The smallest absolute Gasteiger partial charge is 0.139 e. The predicted molar refractivity (Wildman–Crippen MR) is 44.0 cm³/mol. The van der Waals surface area contributed by atoms with Crippen molar-refractivity contribution in [2.45, 2.75) is 12.8 Å². The quantitative estimate of drug-likeness (QED) is 0.331. The zero-order chi connectivity index (χ0) is 8.23. The number of hydrazine groups is 3. The molecule has 0 saturated carbocycles. The van der Waals surface area contributed by atoms with E-state index in [1.807, 2.05) is 18.5 Å². The summed E-state index contributed by atoms with van der Waals surface area (Å²) in [7, 11) is 0. The van der Waals surface area contributed by atoms with Gasteiger partial charge in [0.05, 0.1) is 0 Å². The molecule has 1 aliphatic heterocycles. The first-order valence-electron chi connectivity index (χ1n) is 3.81. The van der Waals surface area contributed by atoms with Crippen molar-refractivity contribution in [3.63, 3.8) is 0 Å². The van der Waals surface area contributed by atoms with Crippen LogP contribution in [-0.2, 0) is 6.54 Å². The van der Waals surface area contributed by atoms with Crippen molar-refractivity contribution in [3.05, 3.63) is 24.0 Å². The number of nitrogens with one attached hydrogen (secondary N) is 6. The molecule has 1 fully saturated rings. The Morgan fingerprint density at radius 3 is 2.83 bits per heavy atom. The second kappa shape index (κ2) is 3.65. The van der Waals surface area contributed by atoms with Gasteiger partial charge in [0.2, 0.25) is 0 Å². The van der Waals surface area contributed by atoms with Crippen molar-refractivity contribution in [2.24, 2.45) is 0 Å². The fraction of sp³-hybridized carbons (Fsp3) is 0.333. The molecule has 6 N–H and O–H groups in total. The molecule has 1 aromatic rings. The van der Waals surface area contributed by atoms with Crippen LogP contribution in [0.1, 0.15) is 5.56 Å². The first-order chi connectivity index (χ1) is 5.95. The Kier molecular flexibility index (Phi) is 2.35. The molecule has 0 atom stereocenters. The summed E-state index contributed by atoms with van der Waals surface area (Å²) >= 11 is 0. The Balaban J connectivity index is 1.74. The van der Waals surface area contributed by atoms with E-state index in [4.69, 9.17) is 0 Å². The maximum Gasteiger partial charge on any atom is 0.139 e. The lowest BCUT2D eigenvalue weighted by Crippen LogP contribution is -2.46. The van der Waals surface area contributed by atoms with Gasteiger partial charge in [-0.3, -0.25) is 5.32 Å². The molecule has 0 bridgehead atoms. The van der Waals surface area contributed by atoms with Crippen LogP contribution >= 0.6 is 0 Å². The summed E-state index contributed by atoms with van der Waals surface area (Å²) in [6.07, 6.45) is 3.92. The average molecular weight is 168 g/mol. The molecule has 1 saturated heterocycles. The van der Waals surface area contributed by atoms with E-state index in [0.29, 0.717) is 0 Å². The normalized spacial score (nSPS) is 18.7. The molecular weight excluding hydrogens is 156 g/mol. The lowest BCUT2D eigenvalue weighted by Gasteiger charge is -2.09. The highest BCUT2D eigenvalue weighted by atomic mass is 15.8. The molecule has 0 unspecified atom stereocenters. The molecule has 0 amide bonds. The monoisotopic (exact) mass is 168 g/mol. The summed E-state index contributed by atoms with van der Waals surface area (Å²) < 4.78 is 0. The van der Waals surface area contributed by atoms with Gasteiger partial charge in [0.25, 0.3) is 0 Å². The fourth-order valence-corrected chi connectivity index (χ4v) is 1.04. The first kappa shape index (κ1) is 7.71. The van der Waals surface area contributed by atoms with Crippen LogP contribution in [0.4, 0.5) is 0 Å². The molecule has 2 rings (SSSR count). The van der Waals surface area contributed by atoms with Gasteiger partial charge in [-0.2, -0.15) is 11.1 Å². The van der Waals surface area contributed by atoms with Gasteiger partial charge in [0, 0.05) is 18.9 Å². The molecule has 2 heterocycles. The van der Waals surface area contributed by atoms with Gasteiger partial charge in [-0.1, -0.05) is 0 Å². The van der Waals surface area contributed by atoms with E-state index in [-0.39, 0.29) is 6.29 Å². The molecule has 0 spiro atoms. The van der Waals surface area contributed by atoms with Crippen LogP contribution in [0.15, 0.2) is 18.5 Å². The Bertz CT molecular complexity index is 214. The number of hydrogen-bond donors (Lipinski definition) is 6. The minimum atomic E-state index is 0.0555. The average Bonchev–Trinajstić information content (AvgIpc) is 2.74. The van der Waals surface area contributed by atoms with E-state index >= 15 is 0 Å². The molecule has 1 aliphatic rings. The number of aromatic nitrogens is 1. The van der Waals surface area contributed by atoms with Crippen molar-refractivity contribution in [3.8, 4) is 0 Å². The topological polar surface area (TPSA) is 75.9 Å². The summed E-state index contributed by atoms with van der Waals surface area (Å²) in [4.78, 5) is 2.99. The van der Waals surface area contributed by atoms with Crippen LogP contribution < -0.4 is 27.2 Å². The maximum atomic E-state index is 3.22. The van der Waals surface area contributed by atoms with Crippen LogP contribution in [0, 0.1) is 0 Å². The third-order valence-electron chi connectivity index (χ3n) is 1.67. The summed E-state index contributed by atoms with van der Waals surface area (Å²) in [5.41, 5.74) is 12.5. The minimum Gasteiger partial charge on any atom is -0.367 e. The van der Waals surface area contributed by atoms with Crippen LogP contribution in [0.3, 0.4) is 0 Å². The van der Waals surface area contributed by atoms with Crippen LogP contribution in [0.25, 0.3) is 0 Å². The zero-order valence-electron chi connectivity index (χ0n) is 6.52. The molecule has 1 aromatic heterocycles. The number of hydrogen-bond acceptors (Lipinski definition) is 5. The molecule has 0 aliphatic carbocycles. The van der Waals surface area contributed by atoms with Crippen molar-refractivity contribution in [1.29, 1.82) is 0 Å². The van der Waals surface area contributed by atoms with Gasteiger partial charge < -0.3 is 4.98 Å². The first-order valence-corrected chi connectivity index (χ1v) is 3.81. The Morgan fingerprint density at radius 2 is 2.17 bits per heavy atom. The highest BCUT2D eigenvalue weighted by Gasteiger charge is 2.09. The van der Waals surface area contributed by atoms with E-state index in [2.05, 4.69) is 32.2 Å². The molecular formula is C6H12N6. The van der Waals surface area contributed by atoms with E-state index in [1.165, 1.54) is 5.56 Å². The largest absolute Gasteiger partial charge is 0.367 e. The highest BCUT2D eigenvalue weighted by molar-refractivity contribution is 5.07. The lowest BCUT2D eigenvalue weighted by atomic mass is 10.3. The summed E-state index contributed by atoms with van der Waals surface area (Å²) in [6, 6.07) is 2.03. The summed E-state index contributed by atoms with van der Waals surface area (Å²) in [5.74, 6) is 0. The SMILES string of the molecule is c1cc(CNC2NNNN2)c[nH]1. The Labute approximate surface area is 70.0 Å². The maximum absolute atomic E-state index is 3.22. The van der Waals surface area contributed by atoms with Gasteiger partial charge in [-0.05, 0) is 11.6 Å². The molecule has 0 aromatic carbocycles. The summed E-state index contributed by atoms with van der Waals surface area (Å²) in [6.45, 7) is 0.817. The van der Waals surface area contributed by atoms with Gasteiger partial charge in [-0.15, -0.1) is 0 Å². The van der Waals surface area contributed by atoms with Crippen LogP contribution in [0.5, 0.6) is 0 Å². The van der Waals surface area contributed by atoms with E-state index in [1.54, 1.807) is 0 Å². The molecule has 0 radical (unpaired) electrons. The zero-order valence-corrected chi connectivity index (χ0v) is 6.52. The van der Waals surface area contributed by atoms with Crippen molar-refractivity contribution < 1.29 is 0 Å². The van der Waals surface area contributed by atoms with Crippen LogP contribution in [-0.4, -0.2) is 11.3 Å². The predicted octanol–water partition coefficient (Wildman–Crippen LogP) is -1.50. The molecule has 6 nitrogen and oxygen atoms in total. The fourth-order valence-electron chi connectivity index (χ4n) is 1.04. The molecule has 6 heteroatoms. The van der Waals surface area contributed by atoms with Gasteiger partial charge in [0.1, 0.15) is 6.29 Å². The standard InChI is InChI=1S/C6H12N6/c1-2-7-3-5(1)4-8-6-9-11-12-10-6/h1-3,6-12H,4H2. The summed E-state index contributed by atoms with van der Waals surface area (Å²) in [5, 5.41) is 3.22. The Morgan fingerprint density at radius 1 is 1.33 bits per heavy atom. The number of H-pyrrole nitrogens is 1. The van der Waals surface area contributed by atoms with Gasteiger partial charge >= 0.3 is 0 Å². The second-order valence-corrected chi connectivity index (χ2v) is 2.57. The van der Waals surface area contributed by atoms with Crippen molar-refractivity contribution in [1.82, 2.24) is 32.2 Å². The lowest BCUT2D eigenvalue weighted by molar-refractivity contribution is 0.424. The third kappa shape index (κ3) is 1.81. The molecule has 12 heavy (non-hydrogen) atoms. The minimum absolute atomic E-state index is 0.0555. The van der Waals surface area contributed by atoms with Gasteiger partial charge in [0.15, 0.2) is 0 Å². The van der Waals surface area contributed by atoms with Crippen molar-refractivity contribution >= 4 is 0 Å². The highest BCUT2D eigenvalue weighted by Crippen LogP contribution is 1.94.